The van der Waals surface area contributed by atoms with Crippen LogP contribution in [0.4, 0.5) is 0 Å². The summed E-state index contributed by atoms with van der Waals surface area (Å²) in [5, 5.41) is 9.29. The van der Waals surface area contributed by atoms with Crippen molar-refractivity contribution in [3.63, 3.8) is 0 Å². The Hall–Kier alpha value is -2.24. The molecule has 0 aliphatic carbocycles. The Kier molecular flexibility index (Phi) is 8.25. The fourth-order valence-corrected chi connectivity index (χ4v) is 2.05. The van der Waals surface area contributed by atoms with Gasteiger partial charge in [-0.1, -0.05) is 32.9 Å². The SMILES string of the molecule is CN=C(NCCNC(=O)C(C)(C)C)NCC(C)Oc1cccc(C)c1. The molecule has 140 valence electrons. The fraction of sp³-hybridized carbons (Fsp3) is 0.579. The Bertz CT molecular complexity index is 579. The molecule has 0 heterocycles. The first-order valence-corrected chi connectivity index (χ1v) is 8.68. The molecule has 0 saturated carbocycles. The maximum absolute atomic E-state index is 11.8. The zero-order valence-electron chi connectivity index (χ0n) is 16.3. The highest BCUT2D eigenvalue weighted by Crippen LogP contribution is 2.14. The van der Waals surface area contributed by atoms with Crippen LogP contribution in [0.5, 0.6) is 5.75 Å². The normalized spacial score (nSPS) is 13.1. The molecule has 0 saturated heterocycles. The molecule has 0 fully saturated rings. The van der Waals surface area contributed by atoms with Gasteiger partial charge in [-0.05, 0) is 31.5 Å². The fourth-order valence-electron chi connectivity index (χ4n) is 2.05. The molecule has 1 aromatic carbocycles. The molecule has 1 aromatic rings. The zero-order chi connectivity index (χ0) is 18.9. The van der Waals surface area contributed by atoms with E-state index in [1.807, 2.05) is 58.9 Å². The van der Waals surface area contributed by atoms with Crippen LogP contribution >= 0.6 is 0 Å². The average Bonchev–Trinajstić information content (AvgIpc) is 2.53. The number of benzene rings is 1. The Balaban J connectivity index is 2.28. The van der Waals surface area contributed by atoms with Gasteiger partial charge in [0.05, 0.1) is 6.54 Å². The first-order chi connectivity index (χ1) is 11.7. The van der Waals surface area contributed by atoms with E-state index in [0.29, 0.717) is 25.6 Å². The van der Waals surface area contributed by atoms with Gasteiger partial charge in [-0.25, -0.2) is 0 Å². The number of hydrogen-bond acceptors (Lipinski definition) is 3. The van der Waals surface area contributed by atoms with E-state index in [9.17, 15) is 4.79 Å². The molecule has 1 atom stereocenters. The predicted octanol–water partition coefficient (Wildman–Crippen LogP) is 2.09. The monoisotopic (exact) mass is 348 g/mol. The summed E-state index contributed by atoms with van der Waals surface area (Å²) >= 11 is 0. The lowest BCUT2D eigenvalue weighted by Gasteiger charge is -2.19. The molecule has 6 heteroatoms. The van der Waals surface area contributed by atoms with Gasteiger partial charge in [0.25, 0.3) is 0 Å². The molecule has 25 heavy (non-hydrogen) atoms. The highest BCUT2D eigenvalue weighted by Gasteiger charge is 2.20. The first kappa shape index (κ1) is 20.8. The Morgan fingerprint density at radius 2 is 1.88 bits per heavy atom. The van der Waals surface area contributed by atoms with E-state index >= 15 is 0 Å². The van der Waals surface area contributed by atoms with Crippen molar-refractivity contribution in [1.29, 1.82) is 0 Å². The summed E-state index contributed by atoms with van der Waals surface area (Å²) in [6, 6.07) is 7.99. The Morgan fingerprint density at radius 1 is 1.20 bits per heavy atom. The van der Waals surface area contributed by atoms with Gasteiger partial charge in [0.1, 0.15) is 11.9 Å². The van der Waals surface area contributed by atoms with Crippen LogP contribution in [0.3, 0.4) is 0 Å². The summed E-state index contributed by atoms with van der Waals surface area (Å²) in [4.78, 5) is 16.0. The van der Waals surface area contributed by atoms with Crippen LogP contribution in [-0.2, 0) is 4.79 Å². The summed E-state index contributed by atoms with van der Waals surface area (Å²) in [6.07, 6.45) is 0.000873. The first-order valence-electron chi connectivity index (χ1n) is 8.68. The van der Waals surface area contributed by atoms with Gasteiger partial charge in [-0.3, -0.25) is 9.79 Å². The van der Waals surface area contributed by atoms with E-state index < -0.39 is 0 Å². The minimum Gasteiger partial charge on any atom is -0.489 e. The maximum Gasteiger partial charge on any atom is 0.225 e. The molecule has 3 N–H and O–H groups in total. The third kappa shape index (κ3) is 8.42. The predicted molar refractivity (Wildman–Crippen MR) is 103 cm³/mol. The van der Waals surface area contributed by atoms with Crippen molar-refractivity contribution in [2.45, 2.75) is 40.7 Å². The second-order valence-electron chi connectivity index (χ2n) is 7.13. The molecule has 1 rings (SSSR count). The minimum absolute atomic E-state index is 0.000873. The van der Waals surface area contributed by atoms with Crippen molar-refractivity contribution in [1.82, 2.24) is 16.0 Å². The lowest BCUT2D eigenvalue weighted by molar-refractivity contribution is -0.128. The summed E-state index contributed by atoms with van der Waals surface area (Å²) in [6.45, 7) is 11.5. The van der Waals surface area contributed by atoms with Crippen molar-refractivity contribution >= 4 is 11.9 Å². The summed E-state index contributed by atoms with van der Waals surface area (Å²) < 4.78 is 5.88. The van der Waals surface area contributed by atoms with Gasteiger partial charge >= 0.3 is 0 Å². The molecule has 1 amide bonds. The second-order valence-corrected chi connectivity index (χ2v) is 7.13. The van der Waals surface area contributed by atoms with E-state index in [2.05, 4.69) is 20.9 Å². The van der Waals surface area contributed by atoms with Gasteiger partial charge in [-0.15, -0.1) is 0 Å². The minimum atomic E-state index is -0.373. The number of carbonyl (C=O) groups excluding carboxylic acids is 1. The average molecular weight is 348 g/mol. The number of amides is 1. The molecule has 0 aliphatic rings. The van der Waals surface area contributed by atoms with Gasteiger partial charge < -0.3 is 20.7 Å². The molecule has 0 radical (unpaired) electrons. The van der Waals surface area contributed by atoms with Crippen LogP contribution in [0.25, 0.3) is 0 Å². The number of hydrogen-bond donors (Lipinski definition) is 3. The van der Waals surface area contributed by atoms with Crippen molar-refractivity contribution in [3.8, 4) is 5.75 Å². The van der Waals surface area contributed by atoms with Gasteiger partial charge in [-0.2, -0.15) is 0 Å². The topological polar surface area (TPSA) is 74.8 Å². The number of aryl methyl sites for hydroxylation is 1. The number of nitrogens with one attached hydrogen (secondary N) is 3. The van der Waals surface area contributed by atoms with Gasteiger partial charge in [0.15, 0.2) is 5.96 Å². The number of ether oxygens (including phenoxy) is 1. The van der Waals surface area contributed by atoms with E-state index in [0.717, 1.165) is 5.75 Å². The number of carbonyl (C=O) groups is 1. The summed E-state index contributed by atoms with van der Waals surface area (Å²) in [7, 11) is 1.72. The third-order valence-electron chi connectivity index (χ3n) is 3.49. The number of guanidine groups is 1. The quantitative estimate of drug-likeness (QED) is 0.401. The molecule has 0 aliphatic heterocycles. The number of aliphatic imine (C=N–C) groups is 1. The van der Waals surface area contributed by atoms with Crippen LogP contribution in [0.1, 0.15) is 33.3 Å². The maximum atomic E-state index is 11.8. The second kappa shape index (κ2) is 9.91. The van der Waals surface area contributed by atoms with Crippen LogP contribution in [0.15, 0.2) is 29.3 Å². The zero-order valence-corrected chi connectivity index (χ0v) is 16.3. The van der Waals surface area contributed by atoms with Crippen LogP contribution in [-0.4, -0.2) is 44.7 Å². The van der Waals surface area contributed by atoms with Crippen molar-refractivity contribution < 1.29 is 9.53 Å². The lowest BCUT2D eigenvalue weighted by Crippen LogP contribution is -2.45. The largest absolute Gasteiger partial charge is 0.489 e. The molecular weight excluding hydrogens is 316 g/mol. The van der Waals surface area contributed by atoms with E-state index in [-0.39, 0.29) is 17.4 Å². The third-order valence-corrected chi connectivity index (χ3v) is 3.49. The van der Waals surface area contributed by atoms with Crippen molar-refractivity contribution in [3.05, 3.63) is 29.8 Å². The van der Waals surface area contributed by atoms with Gasteiger partial charge in [0.2, 0.25) is 5.91 Å². The molecular formula is C19H32N4O2. The summed E-state index contributed by atoms with van der Waals surface area (Å²) in [5.41, 5.74) is 0.801. The highest BCUT2D eigenvalue weighted by atomic mass is 16.5. The molecule has 1 unspecified atom stereocenters. The van der Waals surface area contributed by atoms with Crippen LogP contribution in [0, 0.1) is 12.3 Å². The van der Waals surface area contributed by atoms with Crippen LogP contribution in [0.2, 0.25) is 0 Å². The van der Waals surface area contributed by atoms with E-state index in [4.69, 9.17) is 4.74 Å². The summed E-state index contributed by atoms with van der Waals surface area (Å²) in [5.74, 6) is 1.59. The smallest absolute Gasteiger partial charge is 0.225 e. The van der Waals surface area contributed by atoms with Gasteiger partial charge in [0, 0.05) is 25.6 Å². The van der Waals surface area contributed by atoms with Crippen molar-refractivity contribution in [2.75, 3.05) is 26.7 Å². The Morgan fingerprint density at radius 3 is 2.48 bits per heavy atom. The molecule has 0 spiro atoms. The number of rotatable bonds is 7. The standard InChI is InChI=1S/C19H32N4O2/c1-14-8-7-9-16(12-14)25-15(2)13-23-18(20-6)22-11-10-21-17(24)19(3,4)5/h7-9,12,15H,10-11,13H2,1-6H3,(H,21,24)(H2,20,22,23). The van der Waals surface area contributed by atoms with E-state index in [1.165, 1.54) is 5.56 Å². The molecule has 6 nitrogen and oxygen atoms in total. The highest BCUT2D eigenvalue weighted by molar-refractivity contribution is 5.81. The molecule has 0 aromatic heterocycles. The Labute approximate surface area is 151 Å². The van der Waals surface area contributed by atoms with Crippen LogP contribution < -0.4 is 20.7 Å². The molecule has 0 bridgehead atoms. The number of nitrogens with zero attached hydrogens (tertiary/aromatic N) is 1. The lowest BCUT2D eigenvalue weighted by atomic mass is 9.96. The van der Waals surface area contributed by atoms with Crippen molar-refractivity contribution in [2.24, 2.45) is 10.4 Å². The van der Waals surface area contributed by atoms with E-state index in [1.54, 1.807) is 7.05 Å².